The molecule has 1 aromatic carbocycles. The fraction of sp³-hybridized carbons (Fsp3) is 0.417. The van der Waals surface area contributed by atoms with Crippen LogP contribution in [0.2, 0.25) is 5.02 Å². The van der Waals surface area contributed by atoms with E-state index in [1.807, 2.05) is 24.3 Å². The number of rotatable bonds is 6. The molecule has 0 radical (unpaired) electrons. The molecule has 0 aromatic heterocycles. The molecule has 94 valence electrons. The average molecular weight is 256 g/mol. The summed E-state index contributed by atoms with van der Waals surface area (Å²) < 4.78 is 0. The summed E-state index contributed by atoms with van der Waals surface area (Å²) in [4.78, 5) is 0. The Kier molecular flexibility index (Phi) is 5.80. The molecule has 0 saturated carbocycles. The third-order valence-electron chi connectivity index (χ3n) is 2.56. The van der Waals surface area contributed by atoms with Crippen molar-refractivity contribution in [3.63, 3.8) is 0 Å². The van der Waals surface area contributed by atoms with Crippen LogP contribution in [0.1, 0.15) is 31.4 Å². The molecule has 0 aliphatic carbocycles. The maximum Gasteiger partial charge on any atom is 0.139 e. The summed E-state index contributed by atoms with van der Waals surface area (Å²) in [7, 11) is 0. The van der Waals surface area contributed by atoms with Gasteiger partial charge in [0.2, 0.25) is 0 Å². The van der Waals surface area contributed by atoms with Crippen LogP contribution in [0, 0.1) is 0 Å². The minimum Gasteiger partial charge on any atom is -0.409 e. The van der Waals surface area contributed by atoms with Gasteiger partial charge in [-0.25, -0.2) is 0 Å². The van der Waals surface area contributed by atoms with E-state index in [0.717, 1.165) is 18.0 Å². The van der Waals surface area contributed by atoms with Gasteiger partial charge in [-0.2, -0.15) is 0 Å². The van der Waals surface area contributed by atoms with Gasteiger partial charge in [-0.3, -0.25) is 0 Å². The lowest BCUT2D eigenvalue weighted by Crippen LogP contribution is -2.21. The Hall–Kier alpha value is -1.26. The van der Waals surface area contributed by atoms with E-state index in [2.05, 4.69) is 17.4 Å². The number of hydrogen-bond acceptors (Lipinski definition) is 3. The smallest absolute Gasteiger partial charge is 0.139 e. The van der Waals surface area contributed by atoms with Gasteiger partial charge < -0.3 is 16.3 Å². The van der Waals surface area contributed by atoms with Gasteiger partial charge in [0, 0.05) is 17.5 Å². The Morgan fingerprint density at radius 3 is 2.71 bits per heavy atom. The molecular weight excluding hydrogens is 238 g/mol. The van der Waals surface area contributed by atoms with Crippen molar-refractivity contribution in [3.05, 3.63) is 34.9 Å². The first-order valence-corrected chi connectivity index (χ1v) is 5.96. The summed E-state index contributed by atoms with van der Waals surface area (Å²) >= 11 is 5.82. The molecular formula is C12H18ClN3O. The van der Waals surface area contributed by atoms with Gasteiger partial charge in [0.1, 0.15) is 5.84 Å². The van der Waals surface area contributed by atoms with E-state index in [-0.39, 0.29) is 11.9 Å². The molecule has 0 unspecified atom stereocenters. The first kappa shape index (κ1) is 13.8. The summed E-state index contributed by atoms with van der Waals surface area (Å²) in [6, 6.07) is 8.03. The number of nitrogens with one attached hydrogen (secondary N) is 1. The number of nitrogens with zero attached hydrogens (tertiary/aromatic N) is 1. The zero-order valence-corrected chi connectivity index (χ0v) is 10.6. The van der Waals surface area contributed by atoms with Gasteiger partial charge in [-0.05, 0) is 37.6 Å². The number of halogens is 1. The Labute approximate surface area is 106 Å². The maximum atomic E-state index is 8.38. The molecule has 0 bridgehead atoms. The van der Waals surface area contributed by atoms with Gasteiger partial charge in [-0.15, -0.1) is 0 Å². The summed E-state index contributed by atoms with van der Waals surface area (Å²) in [6.07, 6.45) is 1.44. The topological polar surface area (TPSA) is 70.6 Å². The Balaban J connectivity index is 2.30. The van der Waals surface area contributed by atoms with Crippen molar-refractivity contribution in [2.75, 3.05) is 6.54 Å². The lowest BCUT2D eigenvalue weighted by Gasteiger charge is -2.14. The molecule has 1 atom stereocenters. The van der Waals surface area contributed by atoms with Crippen LogP contribution in [-0.4, -0.2) is 17.6 Å². The standard InChI is InChI=1S/C12H18ClN3O/c1-9(10-4-6-11(13)7-5-10)15-8-2-3-12(14)16-17/h4-7,9,15,17H,2-3,8H2,1H3,(H2,14,16)/t9-/m0/s1. The molecule has 17 heavy (non-hydrogen) atoms. The summed E-state index contributed by atoms with van der Waals surface area (Å²) in [5.74, 6) is 0.269. The van der Waals surface area contributed by atoms with Gasteiger partial charge in [0.15, 0.2) is 0 Å². The second-order valence-electron chi connectivity index (χ2n) is 3.92. The maximum absolute atomic E-state index is 8.38. The fourth-order valence-electron chi connectivity index (χ4n) is 1.51. The van der Waals surface area contributed by atoms with Gasteiger partial charge >= 0.3 is 0 Å². The average Bonchev–Trinajstić information content (AvgIpc) is 2.34. The molecule has 0 aliphatic rings. The third-order valence-corrected chi connectivity index (χ3v) is 2.81. The van der Waals surface area contributed by atoms with E-state index in [1.165, 1.54) is 5.56 Å². The lowest BCUT2D eigenvalue weighted by molar-refractivity contribution is 0.316. The van der Waals surface area contributed by atoms with E-state index in [0.29, 0.717) is 6.42 Å². The predicted octanol–water partition coefficient (Wildman–Crippen LogP) is 2.52. The van der Waals surface area contributed by atoms with Gasteiger partial charge in [0.05, 0.1) is 0 Å². The fourth-order valence-corrected chi connectivity index (χ4v) is 1.63. The Morgan fingerprint density at radius 1 is 1.47 bits per heavy atom. The highest BCUT2D eigenvalue weighted by molar-refractivity contribution is 6.30. The van der Waals surface area contributed by atoms with Crippen LogP contribution in [0.15, 0.2) is 29.4 Å². The van der Waals surface area contributed by atoms with Gasteiger partial charge in [0.25, 0.3) is 0 Å². The van der Waals surface area contributed by atoms with E-state index >= 15 is 0 Å². The lowest BCUT2D eigenvalue weighted by atomic mass is 10.1. The van der Waals surface area contributed by atoms with E-state index in [4.69, 9.17) is 22.5 Å². The molecule has 0 heterocycles. The quantitative estimate of drug-likeness (QED) is 0.241. The normalized spacial score (nSPS) is 13.6. The van der Waals surface area contributed by atoms with Crippen LogP contribution in [0.5, 0.6) is 0 Å². The highest BCUT2D eigenvalue weighted by Crippen LogP contribution is 2.15. The molecule has 0 aliphatic heterocycles. The molecule has 1 aromatic rings. The summed E-state index contributed by atoms with van der Waals surface area (Å²) in [5, 5.41) is 15.4. The molecule has 4 nitrogen and oxygen atoms in total. The highest BCUT2D eigenvalue weighted by Gasteiger charge is 2.04. The minimum atomic E-state index is 0.263. The number of nitrogens with two attached hydrogens (primary N) is 1. The van der Waals surface area contributed by atoms with Crippen LogP contribution < -0.4 is 11.1 Å². The zero-order valence-electron chi connectivity index (χ0n) is 9.86. The SMILES string of the molecule is C[C@H](NCCC/C(N)=N/O)c1ccc(Cl)cc1. The molecule has 0 amide bonds. The van der Waals surface area contributed by atoms with E-state index in [9.17, 15) is 0 Å². The van der Waals surface area contributed by atoms with Crippen molar-refractivity contribution in [1.82, 2.24) is 5.32 Å². The molecule has 4 N–H and O–H groups in total. The van der Waals surface area contributed by atoms with E-state index < -0.39 is 0 Å². The van der Waals surface area contributed by atoms with E-state index in [1.54, 1.807) is 0 Å². The van der Waals surface area contributed by atoms with Crippen LogP contribution in [-0.2, 0) is 0 Å². The third kappa shape index (κ3) is 5.06. The van der Waals surface area contributed by atoms with Crippen molar-refractivity contribution in [2.45, 2.75) is 25.8 Å². The minimum absolute atomic E-state index is 0.263. The second-order valence-corrected chi connectivity index (χ2v) is 4.36. The first-order chi connectivity index (χ1) is 8.13. The molecule has 0 spiro atoms. The van der Waals surface area contributed by atoms with Crippen LogP contribution in [0.4, 0.5) is 0 Å². The number of benzene rings is 1. The van der Waals surface area contributed by atoms with Crippen molar-refractivity contribution in [1.29, 1.82) is 0 Å². The number of hydrogen-bond donors (Lipinski definition) is 3. The molecule has 0 saturated heterocycles. The van der Waals surface area contributed by atoms with Crippen molar-refractivity contribution >= 4 is 17.4 Å². The van der Waals surface area contributed by atoms with Crippen molar-refractivity contribution < 1.29 is 5.21 Å². The van der Waals surface area contributed by atoms with Crippen molar-refractivity contribution in [3.8, 4) is 0 Å². The predicted molar refractivity (Wildman–Crippen MR) is 70.5 cm³/mol. The van der Waals surface area contributed by atoms with Gasteiger partial charge in [-0.1, -0.05) is 28.9 Å². The van der Waals surface area contributed by atoms with Crippen LogP contribution in [0.25, 0.3) is 0 Å². The number of amidine groups is 1. The zero-order chi connectivity index (χ0) is 12.7. The monoisotopic (exact) mass is 255 g/mol. The van der Waals surface area contributed by atoms with Crippen LogP contribution in [0.3, 0.4) is 0 Å². The summed E-state index contributed by atoms with van der Waals surface area (Å²) in [5.41, 5.74) is 6.57. The first-order valence-electron chi connectivity index (χ1n) is 5.58. The molecule has 0 fully saturated rings. The van der Waals surface area contributed by atoms with Crippen LogP contribution >= 0.6 is 11.6 Å². The molecule has 5 heteroatoms. The highest BCUT2D eigenvalue weighted by atomic mass is 35.5. The Morgan fingerprint density at radius 2 is 2.12 bits per heavy atom. The summed E-state index contributed by atoms with van der Waals surface area (Å²) in [6.45, 7) is 2.91. The molecule has 1 rings (SSSR count). The second kappa shape index (κ2) is 7.14. The van der Waals surface area contributed by atoms with Crippen molar-refractivity contribution in [2.24, 2.45) is 10.9 Å². The Bertz CT molecular complexity index is 365. The number of oxime groups is 1. The largest absolute Gasteiger partial charge is 0.409 e.